The smallest absolute Gasteiger partial charge is 0.183 e. The second kappa shape index (κ2) is 6.79. The molecule has 2 aromatic rings. The molecule has 2 rings (SSSR count). The number of nitrogens with zero attached hydrogens (tertiary/aromatic N) is 1. The van der Waals surface area contributed by atoms with Crippen LogP contribution in [0.5, 0.6) is 5.75 Å². The Balaban J connectivity index is 2.18. The maximum atomic E-state index is 6.05. The Morgan fingerprint density at radius 1 is 1.42 bits per heavy atom. The minimum Gasteiger partial charge on any atom is -0.491 e. The number of ether oxygens (including phenoxy) is 1. The molecule has 1 heterocycles. The van der Waals surface area contributed by atoms with Crippen molar-refractivity contribution in [3.05, 3.63) is 37.2 Å². The van der Waals surface area contributed by atoms with Crippen molar-refractivity contribution in [3.8, 4) is 5.75 Å². The van der Waals surface area contributed by atoms with E-state index in [9.17, 15) is 0 Å². The van der Waals surface area contributed by atoms with Crippen molar-refractivity contribution < 1.29 is 4.74 Å². The second-order valence-corrected chi connectivity index (χ2v) is 6.62. The Morgan fingerprint density at radius 2 is 2.21 bits per heavy atom. The van der Waals surface area contributed by atoms with Crippen molar-refractivity contribution in [2.24, 2.45) is 0 Å². The zero-order valence-electron chi connectivity index (χ0n) is 10.0. The highest BCUT2D eigenvalue weighted by atomic mass is 79.9. The van der Waals surface area contributed by atoms with Gasteiger partial charge in [-0.15, -0.1) is 11.3 Å². The van der Waals surface area contributed by atoms with Gasteiger partial charge in [0.1, 0.15) is 0 Å². The fraction of sp³-hybridized carbons (Fsp3) is 0.250. The number of nitrogens with one attached hydrogen (secondary N) is 1. The summed E-state index contributed by atoms with van der Waals surface area (Å²) in [7, 11) is 0. The number of hydrogen-bond donors (Lipinski definition) is 1. The van der Waals surface area contributed by atoms with Crippen LogP contribution in [0, 0.1) is 0 Å². The van der Waals surface area contributed by atoms with Gasteiger partial charge in [-0.3, -0.25) is 0 Å². The van der Waals surface area contributed by atoms with Gasteiger partial charge in [-0.2, -0.15) is 0 Å². The van der Waals surface area contributed by atoms with Gasteiger partial charge in [0, 0.05) is 16.1 Å². The van der Waals surface area contributed by atoms with E-state index in [1.54, 1.807) is 12.3 Å². The number of aromatic nitrogens is 1. The maximum Gasteiger partial charge on any atom is 0.183 e. The summed E-state index contributed by atoms with van der Waals surface area (Å²) >= 11 is 16.7. The molecule has 0 aliphatic heterocycles. The van der Waals surface area contributed by atoms with Crippen molar-refractivity contribution in [2.75, 3.05) is 11.9 Å². The topological polar surface area (TPSA) is 34.1 Å². The molecular weight excluding hydrogens is 371 g/mol. The lowest BCUT2D eigenvalue weighted by Crippen LogP contribution is -2.02. The number of thiazole rings is 1. The summed E-state index contributed by atoms with van der Waals surface area (Å²) in [5.41, 5.74) is 0.839. The monoisotopic (exact) mass is 380 g/mol. The summed E-state index contributed by atoms with van der Waals surface area (Å²) in [5.74, 6) is 0.752. The summed E-state index contributed by atoms with van der Waals surface area (Å²) in [4.78, 5) is 5.05. The molecule has 0 aliphatic carbocycles. The van der Waals surface area contributed by atoms with Crippen LogP contribution in [0.1, 0.15) is 11.8 Å². The number of benzene rings is 1. The number of halogens is 3. The van der Waals surface area contributed by atoms with Crippen LogP contribution >= 0.6 is 50.5 Å². The minimum atomic E-state index is 0.536. The van der Waals surface area contributed by atoms with E-state index in [-0.39, 0.29) is 0 Å². The average Bonchev–Trinajstić information content (AvgIpc) is 2.76. The van der Waals surface area contributed by atoms with Gasteiger partial charge in [0.15, 0.2) is 10.2 Å². The van der Waals surface area contributed by atoms with Crippen LogP contribution in [-0.2, 0) is 6.54 Å². The fourth-order valence-corrected chi connectivity index (χ4v) is 3.37. The van der Waals surface area contributed by atoms with Gasteiger partial charge in [-0.05, 0) is 35.0 Å². The van der Waals surface area contributed by atoms with Gasteiger partial charge in [0.25, 0.3) is 0 Å². The SMILES string of the molecule is CCOc1c(Br)cc(Cl)cc1NCc1cnc(Cl)s1. The first-order chi connectivity index (χ1) is 9.10. The third-order valence-corrected chi connectivity index (χ3v) is 4.20. The Bertz CT molecular complexity index is 577. The van der Waals surface area contributed by atoms with Crippen LogP contribution in [0.15, 0.2) is 22.8 Å². The third kappa shape index (κ3) is 3.99. The highest BCUT2D eigenvalue weighted by Gasteiger charge is 2.10. The molecule has 0 spiro atoms. The molecule has 19 heavy (non-hydrogen) atoms. The van der Waals surface area contributed by atoms with E-state index in [4.69, 9.17) is 27.9 Å². The lowest BCUT2D eigenvalue weighted by atomic mass is 10.3. The zero-order valence-corrected chi connectivity index (χ0v) is 14.0. The molecule has 0 atom stereocenters. The van der Waals surface area contributed by atoms with E-state index >= 15 is 0 Å². The maximum absolute atomic E-state index is 6.05. The van der Waals surface area contributed by atoms with E-state index in [2.05, 4.69) is 26.2 Å². The quantitative estimate of drug-likeness (QED) is 0.770. The van der Waals surface area contributed by atoms with Crippen molar-refractivity contribution in [2.45, 2.75) is 13.5 Å². The molecule has 7 heteroatoms. The van der Waals surface area contributed by atoms with Crippen LogP contribution in [0.25, 0.3) is 0 Å². The van der Waals surface area contributed by atoms with Gasteiger partial charge >= 0.3 is 0 Å². The van der Waals surface area contributed by atoms with Crippen molar-refractivity contribution in [1.29, 1.82) is 0 Å². The summed E-state index contributed by atoms with van der Waals surface area (Å²) < 4.78 is 6.97. The number of rotatable bonds is 5. The fourth-order valence-electron chi connectivity index (χ4n) is 1.53. The Labute approximate surface area is 134 Å². The van der Waals surface area contributed by atoms with Gasteiger partial charge in [0.2, 0.25) is 0 Å². The predicted octanol–water partition coefficient (Wildman–Crippen LogP) is 5.22. The van der Waals surface area contributed by atoms with Gasteiger partial charge in [-0.1, -0.05) is 23.2 Å². The summed E-state index contributed by atoms with van der Waals surface area (Å²) in [6.45, 7) is 3.15. The Morgan fingerprint density at radius 3 is 2.84 bits per heavy atom. The average molecular weight is 382 g/mol. The van der Waals surface area contributed by atoms with E-state index in [0.717, 1.165) is 20.8 Å². The van der Waals surface area contributed by atoms with Crippen LogP contribution in [0.4, 0.5) is 5.69 Å². The molecule has 1 aromatic heterocycles. The molecule has 102 valence electrons. The molecule has 1 N–H and O–H groups in total. The molecule has 3 nitrogen and oxygen atoms in total. The first-order valence-electron chi connectivity index (χ1n) is 5.56. The van der Waals surface area contributed by atoms with Crippen molar-refractivity contribution in [1.82, 2.24) is 4.98 Å². The Kier molecular flexibility index (Phi) is 5.33. The third-order valence-electron chi connectivity index (χ3n) is 2.28. The first-order valence-corrected chi connectivity index (χ1v) is 7.92. The lowest BCUT2D eigenvalue weighted by Gasteiger charge is -2.14. The number of hydrogen-bond acceptors (Lipinski definition) is 4. The standard InChI is InChI=1S/C12H11BrCl2N2OS/c1-2-18-11-9(13)3-7(14)4-10(11)16-5-8-6-17-12(15)19-8/h3-4,6,16H,2,5H2,1H3. The number of anilines is 1. The van der Waals surface area contributed by atoms with Crippen LogP contribution < -0.4 is 10.1 Å². The zero-order chi connectivity index (χ0) is 13.8. The summed E-state index contributed by atoms with van der Waals surface area (Å²) in [6.07, 6.45) is 1.75. The van der Waals surface area contributed by atoms with Crippen molar-refractivity contribution in [3.63, 3.8) is 0 Å². The lowest BCUT2D eigenvalue weighted by molar-refractivity contribution is 0.339. The van der Waals surface area contributed by atoms with Crippen LogP contribution in [0.2, 0.25) is 9.49 Å². The van der Waals surface area contributed by atoms with E-state index in [1.807, 2.05) is 13.0 Å². The molecule has 0 fully saturated rings. The molecule has 0 saturated heterocycles. The van der Waals surface area contributed by atoms with Crippen molar-refractivity contribution >= 4 is 56.2 Å². The molecule has 0 radical (unpaired) electrons. The highest BCUT2D eigenvalue weighted by molar-refractivity contribution is 9.10. The van der Waals surface area contributed by atoms with Crippen LogP contribution in [0.3, 0.4) is 0 Å². The normalized spacial score (nSPS) is 10.5. The predicted molar refractivity (Wildman–Crippen MR) is 84.8 cm³/mol. The van der Waals surface area contributed by atoms with Crippen LogP contribution in [-0.4, -0.2) is 11.6 Å². The van der Waals surface area contributed by atoms with Gasteiger partial charge in [-0.25, -0.2) is 4.98 Å². The molecule has 0 amide bonds. The van der Waals surface area contributed by atoms with Gasteiger partial charge < -0.3 is 10.1 Å². The summed E-state index contributed by atoms with van der Waals surface area (Å²) in [6, 6.07) is 3.64. The van der Waals surface area contributed by atoms with Gasteiger partial charge in [0.05, 0.1) is 23.3 Å². The second-order valence-electron chi connectivity index (χ2n) is 3.63. The van der Waals surface area contributed by atoms with E-state index in [0.29, 0.717) is 22.6 Å². The molecule has 0 aliphatic rings. The summed E-state index contributed by atoms with van der Waals surface area (Å²) in [5, 5.41) is 3.92. The molecule has 1 aromatic carbocycles. The largest absolute Gasteiger partial charge is 0.491 e. The minimum absolute atomic E-state index is 0.536. The van der Waals surface area contributed by atoms with E-state index < -0.39 is 0 Å². The molecular formula is C12H11BrCl2N2OS. The first kappa shape index (κ1) is 14.9. The molecule has 0 saturated carbocycles. The van der Waals surface area contributed by atoms with E-state index in [1.165, 1.54) is 11.3 Å². The molecule has 0 bridgehead atoms. The Hall–Kier alpha value is -0.490. The molecule has 0 unspecified atom stereocenters. The highest BCUT2D eigenvalue weighted by Crippen LogP contribution is 2.37.